The van der Waals surface area contributed by atoms with Gasteiger partial charge in [-0.2, -0.15) is 15.6 Å². The molecule has 0 aliphatic rings. The molecule has 0 unspecified atom stereocenters. The van der Waals surface area contributed by atoms with Gasteiger partial charge in [0.1, 0.15) is 6.54 Å². The molecule has 0 saturated heterocycles. The Morgan fingerprint density at radius 2 is 2.00 bits per heavy atom. The number of Topliss-reactive ketones (excluding diaryl/α,β-unsaturated/α-hetero) is 1. The van der Waals surface area contributed by atoms with Crippen LogP contribution in [0, 0.1) is 35.5 Å². The first kappa shape index (κ1) is 20.7. The van der Waals surface area contributed by atoms with Crippen molar-refractivity contribution in [2.75, 3.05) is 5.32 Å². The summed E-state index contributed by atoms with van der Waals surface area (Å²) in [6, 6.07) is 11.4. The van der Waals surface area contributed by atoms with E-state index in [4.69, 9.17) is 10.5 Å². The Kier molecular flexibility index (Phi) is 6.51. The summed E-state index contributed by atoms with van der Waals surface area (Å²) in [6.45, 7) is 3.99. The SMILES string of the molecule is CC[C@@H](C#N)CC(=O)c1ccc(-c2nc(Nc3cnn(CC#N)c3)ncc2C)cc1. The van der Waals surface area contributed by atoms with Crippen LogP contribution < -0.4 is 5.32 Å². The molecule has 1 aromatic carbocycles. The van der Waals surface area contributed by atoms with Crippen LogP contribution in [0.15, 0.2) is 42.9 Å². The molecule has 0 radical (unpaired) electrons. The topological polar surface area (TPSA) is 120 Å². The number of nitrogens with one attached hydrogen (secondary N) is 1. The smallest absolute Gasteiger partial charge is 0.227 e. The summed E-state index contributed by atoms with van der Waals surface area (Å²) < 4.78 is 1.52. The van der Waals surface area contributed by atoms with E-state index in [9.17, 15) is 4.79 Å². The van der Waals surface area contributed by atoms with Crippen molar-refractivity contribution < 1.29 is 4.79 Å². The van der Waals surface area contributed by atoms with Gasteiger partial charge in [-0.15, -0.1) is 0 Å². The molecule has 150 valence electrons. The lowest BCUT2D eigenvalue weighted by Crippen LogP contribution is -2.06. The molecule has 3 rings (SSSR count). The van der Waals surface area contributed by atoms with Gasteiger partial charge in [0.25, 0.3) is 0 Å². The minimum atomic E-state index is -0.257. The van der Waals surface area contributed by atoms with Crippen LogP contribution in [0.3, 0.4) is 0 Å². The molecule has 0 saturated carbocycles. The standard InChI is InChI=1S/C22H21N7O/c1-3-16(11-24)10-20(30)17-4-6-18(7-5-17)21-15(2)12-25-22(28-21)27-19-13-26-29(14-19)9-8-23/h4-7,12-14,16H,3,9-10H2,1-2H3,(H,25,27,28)/t16-/m1/s1. The summed E-state index contributed by atoms with van der Waals surface area (Å²) >= 11 is 0. The Bertz CT molecular complexity index is 1120. The number of rotatable bonds is 8. The molecule has 0 bridgehead atoms. The molecule has 0 amide bonds. The van der Waals surface area contributed by atoms with Gasteiger partial charge in [0, 0.05) is 29.9 Å². The number of hydrogen-bond acceptors (Lipinski definition) is 7. The van der Waals surface area contributed by atoms with Gasteiger partial charge in [-0.3, -0.25) is 9.48 Å². The quantitative estimate of drug-likeness (QED) is 0.567. The van der Waals surface area contributed by atoms with Crippen molar-refractivity contribution in [3.63, 3.8) is 0 Å². The fourth-order valence-corrected chi connectivity index (χ4v) is 2.95. The van der Waals surface area contributed by atoms with Gasteiger partial charge in [0.05, 0.1) is 35.6 Å². The predicted octanol–water partition coefficient (Wildman–Crippen LogP) is 4.04. The van der Waals surface area contributed by atoms with Crippen LogP contribution in [0.2, 0.25) is 0 Å². The number of benzene rings is 1. The van der Waals surface area contributed by atoms with Gasteiger partial charge in [-0.25, -0.2) is 9.97 Å². The normalized spacial score (nSPS) is 11.3. The molecule has 8 heteroatoms. The van der Waals surface area contributed by atoms with Crippen molar-refractivity contribution in [3.8, 4) is 23.4 Å². The van der Waals surface area contributed by atoms with Crippen LogP contribution in [-0.4, -0.2) is 25.5 Å². The first-order valence-electron chi connectivity index (χ1n) is 9.57. The number of hydrogen-bond donors (Lipinski definition) is 1. The van der Waals surface area contributed by atoms with Crippen molar-refractivity contribution in [1.82, 2.24) is 19.7 Å². The fourth-order valence-electron chi connectivity index (χ4n) is 2.95. The molecule has 30 heavy (non-hydrogen) atoms. The van der Waals surface area contributed by atoms with E-state index in [2.05, 4.69) is 26.5 Å². The number of nitriles is 2. The van der Waals surface area contributed by atoms with E-state index in [0.717, 1.165) is 16.8 Å². The van der Waals surface area contributed by atoms with Gasteiger partial charge in [0.2, 0.25) is 5.95 Å². The first-order chi connectivity index (χ1) is 14.5. The lowest BCUT2D eigenvalue weighted by Gasteiger charge is -2.09. The van der Waals surface area contributed by atoms with E-state index >= 15 is 0 Å². The summed E-state index contributed by atoms with van der Waals surface area (Å²) in [6.07, 6.45) is 5.92. The summed E-state index contributed by atoms with van der Waals surface area (Å²) in [5, 5.41) is 25.0. The molecule has 0 aliphatic carbocycles. The summed E-state index contributed by atoms with van der Waals surface area (Å²) in [5.41, 5.74) is 3.78. The third kappa shape index (κ3) is 4.86. The second kappa shape index (κ2) is 9.44. The average Bonchev–Trinajstić information content (AvgIpc) is 3.20. The lowest BCUT2D eigenvalue weighted by atomic mass is 9.96. The first-order valence-corrected chi connectivity index (χ1v) is 9.57. The fraction of sp³-hybridized carbons (Fsp3) is 0.273. The molecule has 0 fully saturated rings. The highest BCUT2D eigenvalue weighted by molar-refractivity contribution is 5.96. The Balaban J connectivity index is 1.78. The van der Waals surface area contributed by atoms with E-state index in [-0.39, 0.29) is 24.7 Å². The number of aryl methyl sites for hydroxylation is 1. The molecule has 2 heterocycles. The molecule has 1 atom stereocenters. The Morgan fingerprint density at radius 3 is 2.67 bits per heavy atom. The van der Waals surface area contributed by atoms with Gasteiger partial charge in [0.15, 0.2) is 5.78 Å². The minimum absolute atomic E-state index is 0.0360. The van der Waals surface area contributed by atoms with Crippen LogP contribution >= 0.6 is 0 Å². The van der Waals surface area contributed by atoms with E-state index < -0.39 is 0 Å². The largest absolute Gasteiger partial charge is 0.321 e. The van der Waals surface area contributed by atoms with Gasteiger partial charge < -0.3 is 5.32 Å². The molecule has 8 nitrogen and oxygen atoms in total. The Hall–Kier alpha value is -4.04. The van der Waals surface area contributed by atoms with Gasteiger partial charge in [-0.1, -0.05) is 31.2 Å². The predicted molar refractivity (Wildman–Crippen MR) is 112 cm³/mol. The average molecular weight is 399 g/mol. The van der Waals surface area contributed by atoms with Crippen LogP contribution in [-0.2, 0) is 6.54 Å². The molecule has 3 aromatic rings. The van der Waals surface area contributed by atoms with Crippen molar-refractivity contribution >= 4 is 17.4 Å². The van der Waals surface area contributed by atoms with Crippen molar-refractivity contribution in [3.05, 3.63) is 54.0 Å². The third-order valence-electron chi connectivity index (χ3n) is 4.68. The second-order valence-electron chi connectivity index (χ2n) is 6.87. The molecular weight excluding hydrogens is 378 g/mol. The minimum Gasteiger partial charge on any atom is -0.321 e. The maximum atomic E-state index is 12.4. The number of ketones is 1. The Labute approximate surface area is 174 Å². The number of carbonyl (C=O) groups excluding carboxylic acids is 1. The van der Waals surface area contributed by atoms with E-state index in [1.54, 1.807) is 30.7 Å². The molecule has 2 aromatic heterocycles. The van der Waals surface area contributed by atoms with Crippen molar-refractivity contribution in [2.24, 2.45) is 5.92 Å². The van der Waals surface area contributed by atoms with E-state index in [1.807, 2.05) is 32.0 Å². The highest BCUT2D eigenvalue weighted by Gasteiger charge is 2.14. The van der Waals surface area contributed by atoms with E-state index in [1.165, 1.54) is 4.68 Å². The van der Waals surface area contributed by atoms with E-state index in [0.29, 0.717) is 23.6 Å². The maximum absolute atomic E-state index is 12.4. The maximum Gasteiger partial charge on any atom is 0.227 e. The van der Waals surface area contributed by atoms with Crippen LogP contribution in [0.25, 0.3) is 11.3 Å². The summed E-state index contributed by atoms with van der Waals surface area (Å²) in [7, 11) is 0. The zero-order valence-electron chi connectivity index (χ0n) is 16.8. The third-order valence-corrected chi connectivity index (χ3v) is 4.68. The number of carbonyl (C=O) groups is 1. The van der Waals surface area contributed by atoms with Crippen LogP contribution in [0.4, 0.5) is 11.6 Å². The lowest BCUT2D eigenvalue weighted by molar-refractivity contribution is 0.0969. The summed E-state index contributed by atoms with van der Waals surface area (Å²) in [4.78, 5) is 21.3. The van der Waals surface area contributed by atoms with Gasteiger partial charge >= 0.3 is 0 Å². The highest BCUT2D eigenvalue weighted by atomic mass is 16.1. The number of aromatic nitrogens is 4. The number of nitrogens with zero attached hydrogens (tertiary/aromatic N) is 6. The zero-order valence-corrected chi connectivity index (χ0v) is 16.8. The summed E-state index contributed by atoms with van der Waals surface area (Å²) in [5.74, 6) is 0.116. The second-order valence-corrected chi connectivity index (χ2v) is 6.87. The monoisotopic (exact) mass is 399 g/mol. The van der Waals surface area contributed by atoms with Crippen molar-refractivity contribution in [1.29, 1.82) is 10.5 Å². The molecule has 0 aliphatic heterocycles. The highest BCUT2D eigenvalue weighted by Crippen LogP contribution is 2.24. The van der Waals surface area contributed by atoms with Crippen LogP contribution in [0.1, 0.15) is 35.7 Å². The Morgan fingerprint density at radius 1 is 1.23 bits per heavy atom. The van der Waals surface area contributed by atoms with Crippen LogP contribution in [0.5, 0.6) is 0 Å². The molecular formula is C22H21N7O. The zero-order chi connectivity index (χ0) is 21.5. The number of anilines is 2. The molecule has 0 spiro atoms. The van der Waals surface area contributed by atoms with Gasteiger partial charge in [-0.05, 0) is 18.9 Å². The molecule has 1 N–H and O–H groups in total. The van der Waals surface area contributed by atoms with Crippen molar-refractivity contribution in [2.45, 2.75) is 33.2 Å².